The maximum atomic E-state index is 14.3. The molecule has 24 heteroatoms. The highest BCUT2D eigenvalue weighted by molar-refractivity contribution is 6.09. The van der Waals surface area contributed by atoms with Gasteiger partial charge >= 0.3 is 47.6 Å². The van der Waals surface area contributed by atoms with Crippen molar-refractivity contribution < 1.29 is 98.4 Å². The summed E-state index contributed by atoms with van der Waals surface area (Å²) < 4.78 is 246. The predicted octanol–water partition coefficient (Wildman–Crippen LogP) is 8.86. The van der Waals surface area contributed by atoms with Crippen molar-refractivity contribution >= 4 is 17.5 Å². The number of para-hydroxylation sites is 1. The molecule has 0 spiro atoms. The normalized spacial score (nSPS) is 16.8. The van der Waals surface area contributed by atoms with E-state index in [-0.39, 0.29) is 34.9 Å². The predicted molar refractivity (Wildman–Crippen MR) is 149 cm³/mol. The van der Waals surface area contributed by atoms with Gasteiger partial charge in [0.25, 0.3) is 5.91 Å². The van der Waals surface area contributed by atoms with E-state index in [1.54, 1.807) is 6.07 Å². The van der Waals surface area contributed by atoms with Crippen LogP contribution in [0.2, 0.25) is 0 Å². The monoisotopic (exact) mass is 816 g/mol. The molecule has 0 aromatic heterocycles. The second kappa shape index (κ2) is 14.3. The maximum absolute atomic E-state index is 14.3. The Morgan fingerprint density at radius 2 is 1.15 bits per heavy atom. The molecule has 7 nitrogen and oxygen atoms in total. The molecule has 54 heavy (non-hydrogen) atoms. The van der Waals surface area contributed by atoms with Crippen molar-refractivity contribution in [2.24, 2.45) is 0 Å². The molecular formula is C30H25F17N2O5. The van der Waals surface area contributed by atoms with Gasteiger partial charge in [-0.2, -0.15) is 74.6 Å². The first-order valence-corrected chi connectivity index (χ1v) is 14.7. The summed E-state index contributed by atoms with van der Waals surface area (Å²) in [5.41, 5.74) is 0.381. The van der Waals surface area contributed by atoms with Crippen LogP contribution in [0.3, 0.4) is 0 Å². The van der Waals surface area contributed by atoms with Crippen molar-refractivity contribution in [1.29, 1.82) is 0 Å². The molecule has 0 saturated carbocycles. The number of halogens is 17. The average molecular weight is 817 g/mol. The van der Waals surface area contributed by atoms with Crippen LogP contribution < -0.4 is 19.5 Å². The molecule has 0 aliphatic carbocycles. The summed E-state index contributed by atoms with van der Waals surface area (Å²) >= 11 is 0. The fraction of sp³-hybridized carbons (Fsp3) is 0.533. The van der Waals surface area contributed by atoms with Gasteiger partial charge in [-0.15, -0.1) is 0 Å². The Hall–Kier alpha value is -4.41. The summed E-state index contributed by atoms with van der Waals surface area (Å²) in [4.78, 5) is 27.2. The van der Waals surface area contributed by atoms with E-state index in [9.17, 15) is 84.2 Å². The van der Waals surface area contributed by atoms with Crippen LogP contribution in [0.4, 0.5) is 80.3 Å². The number of amides is 2. The van der Waals surface area contributed by atoms with E-state index in [1.807, 2.05) is 0 Å². The first-order valence-electron chi connectivity index (χ1n) is 14.7. The second-order valence-electron chi connectivity index (χ2n) is 11.6. The number of nitrogens with one attached hydrogen (secondary N) is 1. The maximum Gasteiger partial charge on any atom is 0.460 e. The third-order valence-electron chi connectivity index (χ3n) is 8.12. The number of benzene rings is 2. The quantitative estimate of drug-likeness (QED) is 0.144. The lowest BCUT2D eigenvalue weighted by Gasteiger charge is -2.42. The smallest absolute Gasteiger partial charge is 0.460 e. The molecule has 3 rings (SSSR count). The number of carbonyl (C=O) groups excluding carboxylic acids is 2. The van der Waals surface area contributed by atoms with Gasteiger partial charge in [0.1, 0.15) is 23.3 Å². The number of alkyl halides is 17. The van der Waals surface area contributed by atoms with E-state index < -0.39 is 90.7 Å². The number of fused-ring (bicyclic) bond motifs is 1. The van der Waals surface area contributed by atoms with E-state index >= 15 is 0 Å². The number of ether oxygens (including phenoxy) is 3. The van der Waals surface area contributed by atoms with E-state index in [4.69, 9.17) is 14.2 Å². The van der Waals surface area contributed by atoms with Crippen molar-refractivity contribution in [2.75, 3.05) is 26.1 Å². The van der Waals surface area contributed by atoms with Crippen LogP contribution in [0.25, 0.3) is 0 Å². The van der Waals surface area contributed by atoms with Gasteiger partial charge in [0, 0.05) is 18.6 Å². The van der Waals surface area contributed by atoms with Crippen molar-refractivity contribution in [3.63, 3.8) is 0 Å². The zero-order valence-electron chi connectivity index (χ0n) is 27.3. The number of hydrogen-bond acceptors (Lipinski definition) is 5. The van der Waals surface area contributed by atoms with Crippen LogP contribution in [0.5, 0.6) is 17.2 Å². The lowest BCUT2D eigenvalue weighted by atomic mass is 9.88. The SMILES string of the molecule is COc1cc(OCCCC(F)(F)C(F)(F)C(F)(F)C(F)(F)C(F)(F)C(F)(F)C(F)(F)C(F)(F)F)cc(OC)c1CN1C(=O)c2ccccc2NC(=O)C1C. The molecule has 304 valence electrons. The van der Waals surface area contributed by atoms with Crippen LogP contribution in [-0.4, -0.2) is 91.2 Å². The number of carbonyl (C=O) groups is 2. The fourth-order valence-corrected chi connectivity index (χ4v) is 4.90. The Balaban J connectivity index is 1.82. The van der Waals surface area contributed by atoms with E-state index in [0.29, 0.717) is 0 Å². The molecule has 2 aromatic rings. The molecule has 1 aliphatic rings. The van der Waals surface area contributed by atoms with Crippen molar-refractivity contribution in [3.05, 3.63) is 47.5 Å². The molecule has 0 fully saturated rings. The molecule has 1 unspecified atom stereocenters. The van der Waals surface area contributed by atoms with E-state index in [0.717, 1.165) is 31.3 Å². The minimum absolute atomic E-state index is 0.0736. The van der Waals surface area contributed by atoms with Gasteiger partial charge < -0.3 is 24.4 Å². The van der Waals surface area contributed by atoms with Crippen LogP contribution in [0.1, 0.15) is 35.7 Å². The van der Waals surface area contributed by atoms with Crippen LogP contribution in [0.15, 0.2) is 36.4 Å². The summed E-state index contributed by atoms with van der Waals surface area (Å²) in [5.74, 6) is -58.9. The van der Waals surface area contributed by atoms with Crippen LogP contribution >= 0.6 is 0 Å². The molecule has 0 bridgehead atoms. The average Bonchev–Trinajstić information content (AvgIpc) is 3.15. The Morgan fingerprint density at radius 1 is 0.685 bits per heavy atom. The third kappa shape index (κ3) is 6.99. The molecule has 1 heterocycles. The first-order chi connectivity index (χ1) is 24.4. The number of rotatable bonds is 15. The molecule has 0 saturated heterocycles. The van der Waals surface area contributed by atoms with E-state index in [1.165, 1.54) is 25.1 Å². The van der Waals surface area contributed by atoms with Crippen LogP contribution in [-0.2, 0) is 11.3 Å². The standard InChI is InChI=1S/C30H25F17N2O5/c1-14-21(50)48-18-8-5-4-7-16(18)22(51)49(14)13-17-19(52-2)11-15(12-20(17)53-3)54-10-6-9-23(31,32)24(33,34)25(35,36)26(37,38)27(39,40)28(41,42)29(43,44)30(45,46)47/h4-5,7-8,11-12,14H,6,9-10,13H2,1-3H3,(H,48,50). The molecule has 2 aromatic carbocycles. The first kappa shape index (κ1) is 44.0. The zero-order chi connectivity index (χ0) is 41.7. The lowest BCUT2D eigenvalue weighted by molar-refractivity contribution is -0.461. The number of nitrogens with zero attached hydrogens (tertiary/aromatic N) is 1. The number of methoxy groups -OCH3 is 2. The molecule has 1 aliphatic heterocycles. The van der Waals surface area contributed by atoms with Gasteiger partial charge in [0.05, 0.1) is 44.2 Å². The lowest BCUT2D eigenvalue weighted by Crippen LogP contribution is -2.74. The minimum atomic E-state index is -8.70. The summed E-state index contributed by atoms with van der Waals surface area (Å²) in [6.45, 7) is -0.198. The summed E-state index contributed by atoms with van der Waals surface area (Å²) in [6, 6.07) is 6.88. The summed E-state index contributed by atoms with van der Waals surface area (Å²) in [6.07, 6.45) is -12.0. The highest BCUT2D eigenvalue weighted by Gasteiger charge is 2.95. The van der Waals surface area contributed by atoms with Gasteiger partial charge in [-0.1, -0.05) is 12.1 Å². The van der Waals surface area contributed by atoms with Crippen LogP contribution in [0, 0.1) is 0 Å². The molecule has 1 atom stereocenters. The Labute approximate surface area is 292 Å². The van der Waals surface area contributed by atoms with Gasteiger partial charge in [0.2, 0.25) is 5.91 Å². The Morgan fingerprint density at radius 3 is 1.63 bits per heavy atom. The van der Waals surface area contributed by atoms with Gasteiger partial charge in [-0.25, -0.2) is 0 Å². The molecule has 0 radical (unpaired) electrons. The van der Waals surface area contributed by atoms with E-state index in [2.05, 4.69) is 5.32 Å². The fourth-order valence-electron chi connectivity index (χ4n) is 4.90. The Kier molecular flexibility index (Phi) is 11.7. The Bertz CT molecular complexity index is 1690. The van der Waals surface area contributed by atoms with Gasteiger partial charge in [-0.05, 0) is 25.5 Å². The molecule has 2 amide bonds. The molecular weight excluding hydrogens is 791 g/mol. The third-order valence-corrected chi connectivity index (χ3v) is 8.12. The minimum Gasteiger partial charge on any atom is -0.496 e. The zero-order valence-corrected chi connectivity index (χ0v) is 27.3. The second-order valence-corrected chi connectivity index (χ2v) is 11.6. The van der Waals surface area contributed by atoms with Crippen molar-refractivity contribution in [1.82, 2.24) is 4.90 Å². The highest BCUT2D eigenvalue weighted by Crippen LogP contribution is 2.64. The largest absolute Gasteiger partial charge is 0.496 e. The highest BCUT2D eigenvalue weighted by atomic mass is 19.4. The number of anilines is 1. The topological polar surface area (TPSA) is 77.1 Å². The van der Waals surface area contributed by atoms with Crippen molar-refractivity contribution in [2.45, 2.75) is 80.0 Å². The van der Waals surface area contributed by atoms with Gasteiger partial charge in [-0.3, -0.25) is 9.59 Å². The number of hydrogen-bond donors (Lipinski definition) is 1. The molecule has 1 N–H and O–H groups in total. The summed E-state index contributed by atoms with van der Waals surface area (Å²) in [5, 5.41) is 2.58. The van der Waals surface area contributed by atoms with Crippen molar-refractivity contribution in [3.8, 4) is 17.2 Å². The summed E-state index contributed by atoms with van der Waals surface area (Å²) in [7, 11) is 2.17. The van der Waals surface area contributed by atoms with Gasteiger partial charge in [0.15, 0.2) is 0 Å².